The van der Waals surface area contributed by atoms with Gasteiger partial charge in [-0.2, -0.15) is 5.26 Å². The first kappa shape index (κ1) is 107. The second-order valence-corrected chi connectivity index (χ2v) is 74.1. The summed E-state index contributed by atoms with van der Waals surface area (Å²) in [6.07, 6.45) is 10.4. The van der Waals surface area contributed by atoms with Gasteiger partial charge in [0.05, 0.1) is 76.0 Å². The first-order valence-corrected chi connectivity index (χ1v) is 64.6. The Morgan fingerprint density at radius 2 is 0.915 bits per heavy atom. The molecule has 6 aliphatic carbocycles. The van der Waals surface area contributed by atoms with Gasteiger partial charge in [0.1, 0.15) is 18.0 Å². The number of nitrogens with zero attached hydrogens (tertiary/aromatic N) is 2. The fourth-order valence-corrected chi connectivity index (χ4v) is 33.4. The van der Waals surface area contributed by atoms with Gasteiger partial charge < -0.3 is 40.9 Å². The SMILES string of the molecule is CCC(C)(C)C(=O)NS(=O)(=O)CC12CCC(CC1=O)C2(C)C.CCC(C)(C)C(=O)OC1C2CC3C1OC(=O)C3(C#N)C2.CCC(C)(C)C(=O)OCCC[Si](O[Si](C)(C)C)(O[Si](C)(C)C)O[Si](C)(C)C.CCC(C)(C)C(=O)OCC[Si](C)(C)C.CCC(C)(C)C(=O)OCC[Si](C)(C)C.CCC(C)(C)C(=O)ON1C(=O)C2C3CCC(C3)C2C1=O. The van der Waals surface area contributed by atoms with Crippen LogP contribution in [-0.2, 0) is 98.8 Å². The van der Waals surface area contributed by atoms with E-state index in [1.54, 1.807) is 27.7 Å². The number of nitriles is 1. The lowest BCUT2D eigenvalue weighted by molar-refractivity contribution is -0.206. The number of hydrogen-bond donors (Lipinski definition) is 1. The minimum atomic E-state index is -3.83. The first-order chi connectivity index (χ1) is 52.8. The van der Waals surface area contributed by atoms with Crippen LogP contribution >= 0.6 is 0 Å². The van der Waals surface area contributed by atoms with Crippen LogP contribution in [0.3, 0.4) is 0 Å². The number of amides is 3. The number of Topliss-reactive ketones (excluding diaryl/α,β-unsaturated/α-hetero) is 1. The Morgan fingerprint density at radius 1 is 0.530 bits per heavy atom. The molecule has 2 heterocycles. The van der Waals surface area contributed by atoms with Crippen LogP contribution in [0.15, 0.2) is 0 Å². The molecular weight excluding hydrogens is 1610 g/mol. The van der Waals surface area contributed by atoms with Crippen LogP contribution in [0.25, 0.3) is 0 Å². The maximum atomic E-state index is 12.5. The number of ketones is 1. The molecular formula is C86H159N3O21SSi6. The quantitative estimate of drug-likeness (QED) is 0.0210. The third kappa shape index (κ3) is 28.6. The standard InChI is InChI=1S/C18H44O5Si4.C16H27NO4S.C15H19NO4.C15H21NO4.2C11H24O2Si/c1-13-18(2,3)17(19)20-15-14-16-27(21-24(4,5)6,22-25(7,8)9)23-26(10,11)12;1-6-14(2,3)13(19)17-22(20,21)10-16-8-7-11(9-12(16)18)15(16,4)5;1-4-14(2,3)12(17)19-10-8-5-9-11(10)20-13(18)15(9,6-8)7-16;1-4-15(2,3)14(19)20-16-12(17)10-8-5-6-9(7-8)11(10)13(16)18;2*1-7-11(2,3)10(12)13-8-9-14(4,5)6/h13-16H2,1-12H3;11H,6-10H2,1-5H3,(H,17,19);8-11H,4-6H2,1-3H3;8-11H,4-7H2,1-3H3;2*7-9H2,1-6H3. The highest BCUT2D eigenvalue weighted by Crippen LogP contribution is 2.65. The Balaban J connectivity index is 0.000000368. The Bertz CT molecular complexity index is 3540. The van der Waals surface area contributed by atoms with Gasteiger partial charge in [0.15, 0.2) is 30.4 Å². The molecule has 31 heteroatoms. The zero-order chi connectivity index (χ0) is 90.9. The first-order valence-electron chi connectivity index (χ1n) is 43.4. The van der Waals surface area contributed by atoms with Crippen LogP contribution < -0.4 is 4.72 Å². The van der Waals surface area contributed by atoms with E-state index in [0.717, 1.165) is 68.5 Å². The van der Waals surface area contributed by atoms with E-state index in [1.165, 1.54) is 0 Å². The molecule has 6 bridgehead atoms. The van der Waals surface area contributed by atoms with Crippen LogP contribution in [0.5, 0.6) is 0 Å². The molecule has 0 aromatic heterocycles. The van der Waals surface area contributed by atoms with E-state index in [2.05, 4.69) is 109 Å². The zero-order valence-electron chi connectivity index (χ0n) is 79.1. The summed E-state index contributed by atoms with van der Waals surface area (Å²) in [7, 11) is -14.4. The number of imide groups is 1. The van der Waals surface area contributed by atoms with Crippen molar-refractivity contribution in [3.05, 3.63) is 0 Å². The van der Waals surface area contributed by atoms with Crippen LogP contribution in [0.4, 0.5) is 0 Å². The molecule has 3 amide bonds. The molecule has 8 aliphatic rings. The minimum absolute atomic E-state index is 0.0429. The van der Waals surface area contributed by atoms with Gasteiger partial charge in [-0.15, -0.1) is 5.06 Å². The second-order valence-electron chi connectivity index (χ2n) is 44.1. The Labute approximate surface area is 712 Å². The number of hydrogen-bond acceptors (Lipinski definition) is 22. The molecule has 0 radical (unpaired) electrons. The van der Waals surface area contributed by atoms with E-state index in [-0.39, 0.29) is 99.2 Å². The molecule has 0 aromatic carbocycles. The highest BCUT2D eigenvalue weighted by atomic mass is 32.2. The van der Waals surface area contributed by atoms with Gasteiger partial charge >= 0.3 is 44.6 Å². The van der Waals surface area contributed by atoms with Crippen LogP contribution in [0.2, 0.25) is 116 Å². The highest BCUT2D eigenvalue weighted by Gasteiger charge is 2.73. The fourth-order valence-electron chi connectivity index (χ4n) is 15.4. The number of esters is 5. The summed E-state index contributed by atoms with van der Waals surface area (Å²) in [5.41, 5.74) is -5.15. The summed E-state index contributed by atoms with van der Waals surface area (Å²) in [4.78, 5) is 126. The molecule has 11 atom stereocenters. The van der Waals surface area contributed by atoms with Gasteiger partial charge in [0.2, 0.25) is 15.9 Å². The minimum Gasteiger partial charge on any atom is -0.466 e. The Hall–Kier alpha value is -4.28. The second kappa shape index (κ2) is 40.1. The smallest absolute Gasteiger partial charge is 0.466 e. The predicted octanol–water partition coefficient (Wildman–Crippen LogP) is 18.4. The monoisotopic (exact) mass is 1770 g/mol. The largest absolute Gasteiger partial charge is 0.469 e. The van der Waals surface area contributed by atoms with Crippen molar-refractivity contribution in [3.8, 4) is 6.07 Å². The zero-order valence-corrected chi connectivity index (χ0v) is 85.9. The molecule has 0 spiro atoms. The summed E-state index contributed by atoms with van der Waals surface area (Å²) in [6, 6.07) is 4.96. The summed E-state index contributed by atoms with van der Waals surface area (Å²) in [5, 5.41) is 10.1. The van der Waals surface area contributed by atoms with Crippen LogP contribution in [0.1, 0.15) is 235 Å². The van der Waals surface area contributed by atoms with Gasteiger partial charge in [-0.1, -0.05) is 109 Å². The van der Waals surface area contributed by atoms with E-state index in [0.29, 0.717) is 82.6 Å². The number of carbonyl (C=O) groups is 10. The molecule has 1 N–H and O–H groups in total. The lowest BCUT2D eigenvalue weighted by atomic mass is 9.70. The van der Waals surface area contributed by atoms with Gasteiger partial charge in [-0.3, -0.25) is 47.9 Å². The lowest BCUT2D eigenvalue weighted by Crippen LogP contribution is -2.60. The normalized spacial score (nSPS) is 25.3. The Morgan fingerprint density at radius 3 is 1.26 bits per heavy atom. The molecule has 674 valence electrons. The summed E-state index contributed by atoms with van der Waals surface area (Å²) < 4.78 is 74.2. The number of nitrogens with one attached hydrogen (secondary N) is 1. The average molecular weight is 1770 g/mol. The highest BCUT2D eigenvalue weighted by molar-refractivity contribution is 7.90. The topological polar surface area (TPSA) is 327 Å². The molecule has 0 aromatic rings. The molecule has 2 aliphatic heterocycles. The summed E-state index contributed by atoms with van der Waals surface area (Å²) >= 11 is 0. The number of sulfonamides is 1. The van der Waals surface area contributed by atoms with Crippen molar-refractivity contribution in [3.63, 3.8) is 0 Å². The fraction of sp³-hybridized carbons (Fsp3) is 0.872. The van der Waals surface area contributed by atoms with Crippen LogP contribution in [0, 0.1) is 101 Å². The van der Waals surface area contributed by atoms with Gasteiger partial charge in [-0.25, -0.2) is 13.2 Å². The molecule has 2 saturated heterocycles. The molecule has 24 nitrogen and oxygen atoms in total. The molecule has 6 saturated carbocycles. The van der Waals surface area contributed by atoms with Crippen molar-refractivity contribution < 1.29 is 97.2 Å². The maximum absolute atomic E-state index is 12.5. The Kier molecular flexibility index (Phi) is 36.7. The number of ether oxygens (including phenoxy) is 5. The van der Waals surface area contributed by atoms with E-state index < -0.39 is 116 Å². The van der Waals surface area contributed by atoms with Crippen molar-refractivity contribution in [2.24, 2.45) is 90.2 Å². The molecule has 8 rings (SSSR count). The third-order valence-corrected chi connectivity index (χ3v) is 42.8. The van der Waals surface area contributed by atoms with Crippen molar-refractivity contribution in [2.75, 3.05) is 25.6 Å². The number of rotatable bonds is 33. The third-order valence-electron chi connectivity index (χ3n) is 26.0. The number of carbonyl (C=O) groups excluding carboxylic acids is 10. The lowest BCUT2D eigenvalue weighted by Gasteiger charge is -2.42. The van der Waals surface area contributed by atoms with E-state index in [1.807, 2.05) is 111 Å². The average Bonchev–Trinajstić information content (AvgIpc) is 1.64. The van der Waals surface area contributed by atoms with Crippen molar-refractivity contribution >= 4 is 119 Å². The van der Waals surface area contributed by atoms with Gasteiger partial charge in [0.25, 0.3) is 11.8 Å². The van der Waals surface area contributed by atoms with Gasteiger partial charge in [0, 0.05) is 45.9 Å². The number of hydroxylamine groups is 2. The number of fused-ring (bicyclic) bond motifs is 8. The predicted molar refractivity (Wildman–Crippen MR) is 472 cm³/mol. The molecule has 117 heavy (non-hydrogen) atoms. The summed E-state index contributed by atoms with van der Waals surface area (Å²) in [6.45, 7) is 72.8. The van der Waals surface area contributed by atoms with Crippen molar-refractivity contribution in [1.29, 1.82) is 5.26 Å². The van der Waals surface area contributed by atoms with Crippen LogP contribution in [-0.4, -0.2) is 160 Å². The van der Waals surface area contributed by atoms with E-state index in [4.69, 9.17) is 40.9 Å². The summed E-state index contributed by atoms with van der Waals surface area (Å²) in [5.74, 6) is -2.37. The molecule has 11 unspecified atom stereocenters. The van der Waals surface area contributed by atoms with Crippen molar-refractivity contribution in [2.45, 2.75) is 363 Å². The maximum Gasteiger partial charge on any atom is 0.469 e. The van der Waals surface area contributed by atoms with Gasteiger partial charge in [-0.05, 0) is 253 Å². The van der Waals surface area contributed by atoms with Crippen molar-refractivity contribution in [1.82, 2.24) is 9.79 Å². The van der Waals surface area contributed by atoms with E-state index >= 15 is 0 Å². The molecule has 8 fully saturated rings. The van der Waals surface area contributed by atoms with E-state index in [9.17, 15) is 61.6 Å².